The Labute approximate surface area is 191 Å². The van der Waals surface area contributed by atoms with Gasteiger partial charge in [0.2, 0.25) is 10.0 Å². The predicted octanol–water partition coefficient (Wildman–Crippen LogP) is 2.42. The van der Waals surface area contributed by atoms with Crippen LogP contribution in [-0.2, 0) is 21.2 Å². The number of rotatable bonds is 6. The van der Waals surface area contributed by atoms with Crippen LogP contribution in [0.2, 0.25) is 0 Å². The molecule has 1 amide bonds. The van der Waals surface area contributed by atoms with Crippen molar-refractivity contribution < 1.29 is 32.6 Å². The Bertz CT molecular complexity index is 1270. The molecule has 3 fully saturated rings. The highest BCUT2D eigenvalue weighted by Gasteiger charge is 2.63. The zero-order valence-electron chi connectivity index (χ0n) is 21.3. The van der Waals surface area contributed by atoms with Gasteiger partial charge in [-0.05, 0) is 24.4 Å². The van der Waals surface area contributed by atoms with E-state index in [2.05, 4.69) is 4.72 Å². The molecule has 5 rings (SSSR count). The van der Waals surface area contributed by atoms with Crippen molar-refractivity contribution in [2.24, 2.45) is 0 Å². The maximum atomic E-state index is 15.7. The van der Waals surface area contributed by atoms with Gasteiger partial charge in [0.25, 0.3) is 5.91 Å². The Morgan fingerprint density at radius 1 is 1.31 bits per heavy atom. The lowest BCUT2D eigenvalue weighted by Crippen LogP contribution is -2.77. The number of hydrogen-bond donors (Lipinski definition) is 2. The van der Waals surface area contributed by atoms with Crippen molar-refractivity contribution in [2.45, 2.75) is 56.0 Å². The fourth-order valence-electron chi connectivity index (χ4n) is 4.82. The van der Waals surface area contributed by atoms with E-state index in [4.69, 9.17) is 5.48 Å². The summed E-state index contributed by atoms with van der Waals surface area (Å²) in [6.07, 6.45) is -3.76. The van der Waals surface area contributed by atoms with Crippen molar-refractivity contribution in [3.63, 3.8) is 0 Å². The summed E-state index contributed by atoms with van der Waals surface area (Å²) in [5.41, 5.74) is -1.24. The van der Waals surface area contributed by atoms with Gasteiger partial charge in [0.1, 0.15) is 17.6 Å². The van der Waals surface area contributed by atoms with Gasteiger partial charge in [-0.3, -0.25) is 4.79 Å². The second kappa shape index (κ2) is 8.20. The first kappa shape index (κ1) is 18.1. The summed E-state index contributed by atoms with van der Waals surface area (Å²) < 4.78 is 88.0. The maximum Gasteiger partial charge on any atom is 0.251 e. The number of hydrogen-bond acceptors (Lipinski definition) is 4. The molecule has 2 N–H and O–H groups in total. The number of sulfonamides is 1. The number of piperidine rings is 2. The number of amides is 1. The highest BCUT2D eigenvalue weighted by atomic mass is 32.2. The molecule has 1 saturated carbocycles. The Morgan fingerprint density at radius 3 is 2.62 bits per heavy atom. The molecule has 32 heavy (non-hydrogen) atoms. The van der Waals surface area contributed by atoms with E-state index < -0.39 is 58.5 Å². The molecule has 1 aliphatic carbocycles. The third-order valence-corrected chi connectivity index (χ3v) is 6.90. The minimum atomic E-state index is -4.01. The van der Waals surface area contributed by atoms with Crippen LogP contribution in [0.15, 0.2) is 48.5 Å². The van der Waals surface area contributed by atoms with Gasteiger partial charge in [-0.25, -0.2) is 21.9 Å². The monoisotopic (exact) mass is 468 g/mol. The molecular weight excluding hydrogens is 438 g/mol. The average Bonchev–Trinajstić information content (AvgIpc) is 2.75. The third kappa shape index (κ3) is 4.16. The van der Waals surface area contributed by atoms with E-state index in [9.17, 15) is 18.3 Å². The van der Waals surface area contributed by atoms with Crippen molar-refractivity contribution in [3.8, 4) is 11.1 Å². The van der Waals surface area contributed by atoms with E-state index in [0.717, 1.165) is 11.2 Å². The second-order valence-electron chi connectivity index (χ2n) is 8.44. The quantitative estimate of drug-likeness (QED) is 0.682. The van der Waals surface area contributed by atoms with Crippen molar-refractivity contribution in [3.05, 3.63) is 59.9 Å². The Balaban J connectivity index is 1.79. The first-order valence-electron chi connectivity index (χ1n) is 12.1. The first-order chi connectivity index (χ1) is 16.6. The van der Waals surface area contributed by atoms with Crippen LogP contribution in [-0.4, -0.2) is 60.5 Å². The molecule has 172 valence electrons. The number of alkyl halides is 1. The van der Waals surface area contributed by atoms with Gasteiger partial charge in [-0.15, -0.1) is 0 Å². The molecule has 0 radical (unpaired) electrons. The van der Waals surface area contributed by atoms with Crippen LogP contribution in [0.25, 0.3) is 11.1 Å². The Kier molecular flexibility index (Phi) is 4.64. The smallest absolute Gasteiger partial charge is 0.251 e. The second-order valence-corrected chi connectivity index (χ2v) is 10.2. The third-order valence-electron chi connectivity index (χ3n) is 6.21. The normalized spacial score (nSPS) is 31.4. The van der Waals surface area contributed by atoms with E-state index in [0.29, 0.717) is 5.56 Å². The van der Waals surface area contributed by atoms with Crippen molar-refractivity contribution in [1.29, 1.82) is 0 Å². The summed E-state index contributed by atoms with van der Waals surface area (Å²) in [5, 5.41) is 10.3. The number of benzene rings is 2. The number of nitrogens with zero attached hydrogens (tertiary/aromatic N) is 1. The van der Waals surface area contributed by atoms with Crippen LogP contribution in [0.1, 0.15) is 30.7 Å². The van der Waals surface area contributed by atoms with Gasteiger partial charge < -0.3 is 10.0 Å². The van der Waals surface area contributed by atoms with Crippen LogP contribution in [0.4, 0.5) is 8.78 Å². The van der Waals surface area contributed by atoms with Gasteiger partial charge in [-0.1, -0.05) is 48.5 Å². The molecular formula is C23H26F2N2O4S. The summed E-state index contributed by atoms with van der Waals surface area (Å²) in [4.78, 5) is 14.1. The van der Waals surface area contributed by atoms with Gasteiger partial charge in [0.05, 0.1) is 19.7 Å². The fraction of sp³-hybridized carbons (Fsp3) is 0.435. The van der Waals surface area contributed by atoms with Gasteiger partial charge in [-0.2, -0.15) is 0 Å². The Morgan fingerprint density at radius 2 is 2.00 bits per heavy atom. The summed E-state index contributed by atoms with van der Waals surface area (Å²) >= 11 is 0. The van der Waals surface area contributed by atoms with E-state index >= 15 is 8.78 Å². The standard InChI is InChI=1S/C23H26F2N2O4S/c1-14(28)22(29)27-17-12-23(25,13-17)21(26-32(2,30)31)19(27)11-16-9-6-10-18(20(16)24)15-7-4-3-5-8-15/h3-10,14,17,19,21,26,28H,11-13H2,1-2H3/t14-,17?,19+,21-,23?/m1/s1/i1D3,14D. The van der Waals surface area contributed by atoms with E-state index in [1.54, 1.807) is 36.4 Å². The van der Waals surface area contributed by atoms with E-state index in [1.807, 2.05) is 0 Å². The highest BCUT2D eigenvalue weighted by Crippen LogP contribution is 2.50. The van der Waals surface area contributed by atoms with Crippen molar-refractivity contribution in [1.82, 2.24) is 9.62 Å². The van der Waals surface area contributed by atoms with Gasteiger partial charge >= 0.3 is 0 Å². The van der Waals surface area contributed by atoms with Crippen LogP contribution >= 0.6 is 0 Å². The van der Waals surface area contributed by atoms with Crippen molar-refractivity contribution in [2.75, 3.05) is 6.26 Å². The first-order valence-corrected chi connectivity index (χ1v) is 12.0. The summed E-state index contributed by atoms with van der Waals surface area (Å²) in [6, 6.07) is 9.26. The van der Waals surface area contributed by atoms with E-state index in [1.165, 1.54) is 12.1 Å². The van der Waals surface area contributed by atoms with Crippen LogP contribution in [0.3, 0.4) is 0 Å². The minimum Gasteiger partial charge on any atom is -0.384 e. The summed E-state index contributed by atoms with van der Waals surface area (Å²) in [6.45, 7) is -3.43. The van der Waals surface area contributed by atoms with E-state index in [-0.39, 0.29) is 30.4 Å². The molecule has 9 heteroatoms. The zero-order valence-corrected chi connectivity index (χ0v) is 18.1. The molecule has 0 aromatic heterocycles. The molecule has 2 aliphatic heterocycles. The lowest BCUT2D eigenvalue weighted by atomic mass is 9.64. The summed E-state index contributed by atoms with van der Waals surface area (Å²) in [5.74, 6) is -2.18. The number of fused-ring (bicyclic) bond motifs is 2. The topological polar surface area (TPSA) is 86.7 Å². The number of halogens is 2. The SMILES string of the molecule is [2H]C([2H])([2H])[C@@]([2H])(O)C(=O)N1C2CC(F)(C2)[C@H](NS(C)(=O)=O)[C@@H]1Cc1cccc(-c2ccccc2)c1F. The lowest BCUT2D eigenvalue weighted by Gasteiger charge is -2.61. The molecule has 2 saturated heterocycles. The van der Waals surface area contributed by atoms with Crippen LogP contribution < -0.4 is 4.72 Å². The molecule has 2 heterocycles. The number of aliphatic hydroxyl groups is 1. The largest absolute Gasteiger partial charge is 0.384 e. The number of carbonyl (C=O) groups is 1. The minimum absolute atomic E-state index is 0.0340. The molecule has 2 bridgehead atoms. The van der Waals surface area contributed by atoms with Crippen LogP contribution in [0, 0.1) is 5.82 Å². The average molecular weight is 469 g/mol. The number of carbonyl (C=O) groups excluding carboxylic acids is 1. The van der Waals surface area contributed by atoms with Gasteiger partial charge in [0, 0.05) is 28.6 Å². The zero-order chi connectivity index (χ0) is 26.7. The highest BCUT2D eigenvalue weighted by molar-refractivity contribution is 7.88. The molecule has 2 aromatic carbocycles. The molecule has 2 aromatic rings. The Hall–Kier alpha value is -2.36. The number of nitrogens with one attached hydrogen (secondary N) is 1. The van der Waals surface area contributed by atoms with Crippen molar-refractivity contribution >= 4 is 15.9 Å². The lowest BCUT2D eigenvalue weighted by molar-refractivity contribution is -0.174. The predicted molar refractivity (Wildman–Crippen MR) is 116 cm³/mol. The molecule has 0 unspecified atom stereocenters. The molecule has 3 atom stereocenters. The molecule has 0 spiro atoms. The molecule has 3 aliphatic rings. The maximum absolute atomic E-state index is 15.7. The van der Waals surface area contributed by atoms with Gasteiger partial charge in [0.15, 0.2) is 0 Å². The fourth-order valence-corrected chi connectivity index (χ4v) is 5.65. The van der Waals surface area contributed by atoms with Crippen LogP contribution in [0.5, 0.6) is 0 Å². The summed E-state index contributed by atoms with van der Waals surface area (Å²) in [7, 11) is -4.01. The molecule has 6 nitrogen and oxygen atoms in total.